The second-order valence-electron chi connectivity index (χ2n) is 8.03. The molecule has 2 fully saturated rings. The van der Waals surface area contributed by atoms with E-state index in [2.05, 4.69) is 10.3 Å². The number of nitrogens with one attached hydrogen (secondary N) is 1. The molecule has 3 N–H and O–H groups in total. The van der Waals surface area contributed by atoms with E-state index >= 15 is 0 Å². The highest BCUT2D eigenvalue weighted by atomic mass is 19.3. The maximum atomic E-state index is 13.8. The number of ether oxygens (including phenoxy) is 2. The Morgan fingerprint density at radius 3 is 2.84 bits per heavy atom. The minimum absolute atomic E-state index is 0.131. The van der Waals surface area contributed by atoms with Crippen LogP contribution < -0.4 is 20.7 Å². The molecule has 1 aliphatic carbocycles. The van der Waals surface area contributed by atoms with Gasteiger partial charge in [0, 0.05) is 18.0 Å². The monoisotopic (exact) mass is 433 g/mol. The number of carbonyl (C=O) groups is 2. The molecule has 0 bridgehead atoms. The van der Waals surface area contributed by atoms with E-state index in [0.29, 0.717) is 48.8 Å². The van der Waals surface area contributed by atoms with Gasteiger partial charge in [0.1, 0.15) is 35.9 Å². The molecule has 164 valence electrons. The first-order chi connectivity index (χ1) is 14.8. The zero-order chi connectivity index (χ0) is 21.9. The van der Waals surface area contributed by atoms with Crippen molar-refractivity contribution < 1.29 is 27.8 Å². The molecule has 5 rings (SSSR count). The van der Waals surface area contributed by atoms with Crippen molar-refractivity contribution in [3.05, 3.63) is 24.4 Å². The smallest absolute Gasteiger partial charge is 0.416 e. The minimum Gasteiger partial charge on any atom is -0.491 e. The Hall–Kier alpha value is -3.37. The summed E-state index contributed by atoms with van der Waals surface area (Å²) in [5.74, 6) is 0.655. The number of hydrogen-bond acceptors (Lipinski definition) is 6. The third kappa shape index (κ3) is 3.15. The molecule has 2 atom stereocenters. The Morgan fingerprint density at radius 1 is 1.39 bits per heavy atom. The predicted octanol–water partition coefficient (Wildman–Crippen LogP) is 2.35. The molecule has 31 heavy (non-hydrogen) atoms. The Balaban J connectivity index is 1.50. The molecule has 1 aromatic heterocycles. The van der Waals surface area contributed by atoms with Gasteiger partial charge in [0.2, 0.25) is 5.91 Å². The van der Waals surface area contributed by atoms with Crippen LogP contribution in [0.15, 0.2) is 24.4 Å². The van der Waals surface area contributed by atoms with Crippen molar-refractivity contribution in [1.82, 2.24) is 9.55 Å². The van der Waals surface area contributed by atoms with Crippen LogP contribution in [0.5, 0.6) is 5.75 Å². The zero-order valence-corrected chi connectivity index (χ0v) is 16.7. The van der Waals surface area contributed by atoms with Crippen LogP contribution in [0, 0.1) is 0 Å². The molecule has 1 aromatic carbocycles. The molecule has 1 unspecified atom stereocenters. The van der Waals surface area contributed by atoms with Crippen molar-refractivity contribution in [2.75, 3.05) is 16.8 Å². The third-order valence-corrected chi connectivity index (χ3v) is 5.92. The Morgan fingerprint density at radius 2 is 2.16 bits per heavy atom. The van der Waals surface area contributed by atoms with Crippen molar-refractivity contribution in [3.8, 4) is 17.1 Å². The van der Waals surface area contributed by atoms with Crippen LogP contribution in [0.2, 0.25) is 0 Å². The molecule has 2 aliphatic heterocycles. The summed E-state index contributed by atoms with van der Waals surface area (Å²) in [6.45, 7) is 2.39. The van der Waals surface area contributed by atoms with Crippen molar-refractivity contribution in [1.29, 1.82) is 0 Å². The predicted molar refractivity (Wildman–Crippen MR) is 106 cm³/mol. The molecule has 9 nitrogen and oxygen atoms in total. The first kappa shape index (κ1) is 19.6. The van der Waals surface area contributed by atoms with E-state index in [1.807, 2.05) is 0 Å². The Kier molecular flexibility index (Phi) is 4.31. The van der Waals surface area contributed by atoms with Crippen molar-refractivity contribution in [2.45, 2.75) is 50.4 Å². The second-order valence-corrected chi connectivity index (χ2v) is 8.03. The molecule has 1 saturated carbocycles. The van der Waals surface area contributed by atoms with Gasteiger partial charge in [0.25, 0.3) is 6.43 Å². The molecule has 2 aromatic rings. The summed E-state index contributed by atoms with van der Waals surface area (Å²) in [5, 5.41) is 2.99. The number of nitrogens with two attached hydrogens (primary N) is 1. The van der Waals surface area contributed by atoms with Gasteiger partial charge in [0.05, 0.1) is 12.1 Å². The van der Waals surface area contributed by atoms with E-state index in [1.165, 1.54) is 0 Å². The van der Waals surface area contributed by atoms with E-state index in [-0.39, 0.29) is 5.82 Å². The van der Waals surface area contributed by atoms with Crippen LogP contribution in [0.3, 0.4) is 0 Å². The fraction of sp³-hybridized carbons (Fsp3) is 0.450. The summed E-state index contributed by atoms with van der Waals surface area (Å²) in [6, 6.07) is 3.31. The molecule has 0 radical (unpaired) electrons. The van der Waals surface area contributed by atoms with Crippen LogP contribution >= 0.6 is 0 Å². The highest BCUT2D eigenvalue weighted by molar-refractivity contribution is 5.91. The summed E-state index contributed by atoms with van der Waals surface area (Å²) in [7, 11) is 0. The van der Waals surface area contributed by atoms with E-state index in [0.717, 1.165) is 4.90 Å². The summed E-state index contributed by atoms with van der Waals surface area (Å²) in [6.07, 6.45) is -1.12. The minimum atomic E-state index is -2.74. The summed E-state index contributed by atoms with van der Waals surface area (Å²) >= 11 is 0. The van der Waals surface area contributed by atoms with Gasteiger partial charge in [-0.25, -0.2) is 23.5 Å². The van der Waals surface area contributed by atoms with Gasteiger partial charge in [-0.1, -0.05) is 0 Å². The molecular weight excluding hydrogens is 412 g/mol. The maximum absolute atomic E-state index is 13.8. The quantitative estimate of drug-likeness (QED) is 0.749. The molecule has 11 heteroatoms. The van der Waals surface area contributed by atoms with Gasteiger partial charge < -0.3 is 25.1 Å². The van der Waals surface area contributed by atoms with Gasteiger partial charge in [0.15, 0.2) is 5.82 Å². The van der Waals surface area contributed by atoms with Crippen molar-refractivity contribution >= 4 is 23.5 Å². The Labute approximate surface area is 176 Å². The number of primary amides is 1. The molecule has 1 spiro atoms. The summed E-state index contributed by atoms with van der Waals surface area (Å²) < 4.78 is 40.5. The van der Waals surface area contributed by atoms with Gasteiger partial charge in [-0.3, -0.25) is 4.79 Å². The first-order valence-electron chi connectivity index (χ1n) is 10.00. The summed E-state index contributed by atoms with van der Waals surface area (Å²) in [4.78, 5) is 29.2. The standard InChI is InChI=1S/C20H21F2N5O4/c1-10(17(23)28)24-11-2-3-12-13(8-11)30-7-6-26-9-14(25-18(12)26)27-15(16(21)22)20(4-5-20)31-19(27)29/h2-3,8-10,15-16,24H,4-7H2,1H3,(H2,23,28)/t10?,15-/m1/s1. The summed E-state index contributed by atoms with van der Waals surface area (Å²) in [5.41, 5.74) is 5.47. The number of anilines is 2. The lowest BCUT2D eigenvalue weighted by Crippen LogP contribution is -2.43. The Bertz CT molecular complexity index is 1070. The second kappa shape index (κ2) is 6.82. The normalized spacial score (nSPS) is 21.7. The average molecular weight is 433 g/mol. The number of hydrogen-bond donors (Lipinski definition) is 2. The molecular formula is C20H21F2N5O4. The lowest BCUT2D eigenvalue weighted by Gasteiger charge is -2.21. The highest BCUT2D eigenvalue weighted by Gasteiger charge is 2.66. The van der Waals surface area contributed by atoms with Crippen molar-refractivity contribution in [2.24, 2.45) is 5.73 Å². The number of carbonyl (C=O) groups excluding carboxylic acids is 2. The van der Waals surface area contributed by atoms with Gasteiger partial charge in [-0.15, -0.1) is 0 Å². The lowest BCUT2D eigenvalue weighted by atomic mass is 10.1. The van der Waals surface area contributed by atoms with Crippen LogP contribution in [-0.4, -0.2) is 52.3 Å². The molecule has 3 heterocycles. The van der Waals surface area contributed by atoms with Crippen LogP contribution in [0.25, 0.3) is 11.4 Å². The number of alkyl halides is 2. The number of aromatic nitrogens is 2. The van der Waals surface area contributed by atoms with Crippen LogP contribution in [0.4, 0.5) is 25.1 Å². The number of halogens is 2. The van der Waals surface area contributed by atoms with E-state index in [4.69, 9.17) is 15.2 Å². The molecule has 3 aliphatic rings. The first-order valence-corrected chi connectivity index (χ1v) is 10.00. The largest absolute Gasteiger partial charge is 0.491 e. The van der Waals surface area contributed by atoms with Gasteiger partial charge >= 0.3 is 6.09 Å². The van der Waals surface area contributed by atoms with Gasteiger partial charge in [-0.05, 0) is 31.9 Å². The SMILES string of the molecule is CC(Nc1ccc2c(c1)OCCn1cc(N3C(=O)OC4(CC4)[C@H]3C(F)F)nc1-2)C(N)=O. The highest BCUT2D eigenvalue weighted by Crippen LogP contribution is 2.52. The topological polar surface area (TPSA) is 112 Å². The lowest BCUT2D eigenvalue weighted by molar-refractivity contribution is -0.118. The van der Waals surface area contributed by atoms with E-state index in [1.54, 1.807) is 35.9 Å². The van der Waals surface area contributed by atoms with Crippen LogP contribution in [0.1, 0.15) is 19.8 Å². The number of fused-ring (bicyclic) bond motifs is 3. The van der Waals surface area contributed by atoms with E-state index in [9.17, 15) is 18.4 Å². The average Bonchev–Trinajstić information content (AvgIpc) is 3.29. The number of imidazole rings is 1. The number of nitrogens with zero attached hydrogens (tertiary/aromatic N) is 3. The maximum Gasteiger partial charge on any atom is 0.416 e. The third-order valence-electron chi connectivity index (χ3n) is 5.92. The number of rotatable bonds is 5. The fourth-order valence-corrected chi connectivity index (χ4v) is 4.13. The van der Waals surface area contributed by atoms with E-state index < -0.39 is 36.1 Å². The fourth-order valence-electron chi connectivity index (χ4n) is 4.13. The zero-order valence-electron chi connectivity index (χ0n) is 16.7. The molecule has 1 saturated heterocycles. The number of amides is 2. The van der Waals surface area contributed by atoms with Gasteiger partial charge in [-0.2, -0.15) is 0 Å². The number of benzene rings is 1. The van der Waals surface area contributed by atoms with Crippen LogP contribution in [-0.2, 0) is 16.1 Å². The van der Waals surface area contributed by atoms with Crippen molar-refractivity contribution in [3.63, 3.8) is 0 Å². The molecule has 2 amide bonds.